The maximum Gasteiger partial charge on any atom is 0.255 e. The minimum atomic E-state index is -3.32. The van der Waals surface area contributed by atoms with Crippen molar-refractivity contribution in [2.75, 3.05) is 11.6 Å². The van der Waals surface area contributed by atoms with E-state index in [9.17, 15) is 17.6 Å². The van der Waals surface area contributed by atoms with Gasteiger partial charge in [0.15, 0.2) is 9.84 Å². The van der Waals surface area contributed by atoms with Crippen LogP contribution >= 0.6 is 0 Å². The molecule has 0 unspecified atom stereocenters. The van der Waals surface area contributed by atoms with Crippen molar-refractivity contribution in [1.29, 1.82) is 0 Å². The van der Waals surface area contributed by atoms with E-state index in [4.69, 9.17) is 0 Å². The van der Waals surface area contributed by atoms with Crippen LogP contribution < -0.4 is 5.32 Å². The van der Waals surface area contributed by atoms with Crippen molar-refractivity contribution in [2.24, 2.45) is 0 Å². The first-order chi connectivity index (χ1) is 11.3. The average Bonchev–Trinajstić information content (AvgIpc) is 2.96. The third-order valence-corrected chi connectivity index (χ3v) is 4.38. The lowest BCUT2D eigenvalue weighted by Crippen LogP contribution is -2.12. The highest BCUT2D eigenvalue weighted by Crippen LogP contribution is 2.19. The maximum atomic E-state index is 14.0. The SMILES string of the molecule is CS(=O)(=O)Cc1ccc(NC(=O)c2ccc3cc[nH]c3c2)cc1F. The lowest BCUT2D eigenvalue weighted by Gasteiger charge is -2.08. The van der Waals surface area contributed by atoms with E-state index in [2.05, 4.69) is 10.3 Å². The van der Waals surface area contributed by atoms with Crippen LogP contribution in [0.15, 0.2) is 48.7 Å². The number of benzene rings is 2. The number of H-pyrrole nitrogens is 1. The highest BCUT2D eigenvalue weighted by Gasteiger charge is 2.12. The van der Waals surface area contributed by atoms with Gasteiger partial charge in [0.25, 0.3) is 5.91 Å². The van der Waals surface area contributed by atoms with Gasteiger partial charge in [0, 0.05) is 34.8 Å². The van der Waals surface area contributed by atoms with E-state index in [1.807, 2.05) is 12.1 Å². The average molecular weight is 346 g/mol. The van der Waals surface area contributed by atoms with Crippen LogP contribution in [0.5, 0.6) is 0 Å². The number of sulfone groups is 1. The van der Waals surface area contributed by atoms with Gasteiger partial charge in [-0.05, 0) is 35.7 Å². The number of carbonyl (C=O) groups excluding carboxylic acids is 1. The van der Waals surface area contributed by atoms with E-state index < -0.39 is 15.7 Å². The zero-order valence-electron chi connectivity index (χ0n) is 12.8. The van der Waals surface area contributed by atoms with Crippen LogP contribution in [-0.2, 0) is 15.6 Å². The van der Waals surface area contributed by atoms with Gasteiger partial charge in [0.05, 0.1) is 5.75 Å². The van der Waals surface area contributed by atoms with Crippen LogP contribution in [0.1, 0.15) is 15.9 Å². The number of hydrogen-bond acceptors (Lipinski definition) is 3. The molecule has 0 aliphatic carbocycles. The monoisotopic (exact) mass is 346 g/mol. The summed E-state index contributed by atoms with van der Waals surface area (Å²) in [4.78, 5) is 15.3. The van der Waals surface area contributed by atoms with E-state index >= 15 is 0 Å². The van der Waals surface area contributed by atoms with Crippen molar-refractivity contribution < 1.29 is 17.6 Å². The third kappa shape index (κ3) is 3.62. The molecule has 0 spiro atoms. The standard InChI is InChI=1S/C17H15FN2O3S/c1-24(22,23)10-13-4-5-14(9-15(13)18)20-17(21)12-3-2-11-6-7-19-16(11)8-12/h2-9,19H,10H2,1H3,(H,20,21). The van der Waals surface area contributed by atoms with Gasteiger partial charge in [-0.25, -0.2) is 12.8 Å². The van der Waals surface area contributed by atoms with Crippen molar-refractivity contribution in [1.82, 2.24) is 4.98 Å². The molecule has 0 aliphatic heterocycles. The van der Waals surface area contributed by atoms with Gasteiger partial charge < -0.3 is 10.3 Å². The molecule has 1 amide bonds. The van der Waals surface area contributed by atoms with Crippen molar-refractivity contribution >= 4 is 32.3 Å². The van der Waals surface area contributed by atoms with E-state index in [-0.39, 0.29) is 22.9 Å². The molecule has 1 heterocycles. The van der Waals surface area contributed by atoms with Crippen molar-refractivity contribution in [3.63, 3.8) is 0 Å². The number of halogens is 1. The number of rotatable bonds is 4. The zero-order valence-corrected chi connectivity index (χ0v) is 13.7. The molecule has 0 saturated carbocycles. The predicted octanol–water partition coefficient (Wildman–Crippen LogP) is 3.10. The minimum Gasteiger partial charge on any atom is -0.361 e. The molecular weight excluding hydrogens is 331 g/mol. The molecule has 3 rings (SSSR count). The summed E-state index contributed by atoms with van der Waals surface area (Å²) in [5.74, 6) is -1.42. The first kappa shape index (κ1) is 16.2. The summed E-state index contributed by atoms with van der Waals surface area (Å²) in [6, 6.07) is 11.1. The number of fused-ring (bicyclic) bond motifs is 1. The van der Waals surface area contributed by atoms with Crippen LogP contribution in [-0.4, -0.2) is 25.6 Å². The Morgan fingerprint density at radius 2 is 1.96 bits per heavy atom. The van der Waals surface area contributed by atoms with Gasteiger partial charge >= 0.3 is 0 Å². The second-order valence-corrected chi connectivity index (χ2v) is 7.75. The quantitative estimate of drug-likeness (QED) is 0.762. The van der Waals surface area contributed by atoms with Gasteiger partial charge in [0.1, 0.15) is 5.82 Å². The number of aromatic amines is 1. The molecule has 7 heteroatoms. The van der Waals surface area contributed by atoms with Gasteiger partial charge in [0.2, 0.25) is 0 Å². The van der Waals surface area contributed by atoms with E-state index in [0.717, 1.165) is 23.2 Å². The van der Waals surface area contributed by atoms with Gasteiger partial charge in [-0.15, -0.1) is 0 Å². The summed E-state index contributed by atoms with van der Waals surface area (Å²) in [6.07, 6.45) is 2.82. The Morgan fingerprint density at radius 1 is 1.17 bits per heavy atom. The maximum absolute atomic E-state index is 14.0. The van der Waals surface area contributed by atoms with Crippen molar-refractivity contribution in [3.8, 4) is 0 Å². The highest BCUT2D eigenvalue weighted by molar-refractivity contribution is 7.89. The number of carbonyl (C=O) groups is 1. The minimum absolute atomic E-state index is 0.0725. The largest absolute Gasteiger partial charge is 0.361 e. The number of aromatic nitrogens is 1. The summed E-state index contributed by atoms with van der Waals surface area (Å²) >= 11 is 0. The summed E-state index contributed by atoms with van der Waals surface area (Å²) in [6.45, 7) is 0. The molecule has 5 nitrogen and oxygen atoms in total. The van der Waals surface area contributed by atoms with Gasteiger partial charge in [-0.3, -0.25) is 4.79 Å². The Bertz CT molecular complexity index is 1030. The summed E-state index contributed by atoms with van der Waals surface area (Å²) in [5, 5.41) is 3.59. The summed E-state index contributed by atoms with van der Waals surface area (Å²) in [7, 11) is -3.32. The highest BCUT2D eigenvalue weighted by atomic mass is 32.2. The van der Waals surface area contributed by atoms with Crippen LogP contribution in [0.4, 0.5) is 10.1 Å². The first-order valence-corrected chi connectivity index (χ1v) is 9.22. The Balaban J connectivity index is 1.80. The zero-order chi connectivity index (χ0) is 17.3. The van der Waals surface area contributed by atoms with Gasteiger partial charge in [-0.1, -0.05) is 12.1 Å². The second kappa shape index (κ2) is 6.09. The molecule has 0 radical (unpaired) electrons. The lowest BCUT2D eigenvalue weighted by atomic mass is 10.1. The van der Waals surface area contributed by atoms with E-state index in [1.54, 1.807) is 18.3 Å². The smallest absolute Gasteiger partial charge is 0.255 e. The molecule has 0 aliphatic rings. The number of amides is 1. The second-order valence-electron chi connectivity index (χ2n) is 5.61. The van der Waals surface area contributed by atoms with Crippen molar-refractivity contribution in [2.45, 2.75) is 5.75 Å². The van der Waals surface area contributed by atoms with Crippen LogP contribution in [0.2, 0.25) is 0 Å². The van der Waals surface area contributed by atoms with Crippen LogP contribution in [0, 0.1) is 5.82 Å². The predicted molar refractivity (Wildman–Crippen MR) is 91.2 cm³/mol. The first-order valence-electron chi connectivity index (χ1n) is 7.16. The molecule has 0 bridgehead atoms. The molecule has 1 aromatic heterocycles. The summed E-state index contributed by atoms with van der Waals surface area (Å²) < 4.78 is 36.5. The molecule has 0 saturated heterocycles. The number of nitrogens with one attached hydrogen (secondary N) is 2. The molecule has 24 heavy (non-hydrogen) atoms. The van der Waals surface area contributed by atoms with Crippen LogP contribution in [0.25, 0.3) is 10.9 Å². The van der Waals surface area contributed by atoms with Gasteiger partial charge in [-0.2, -0.15) is 0 Å². The summed E-state index contributed by atoms with van der Waals surface area (Å²) in [5.41, 5.74) is 1.60. The normalized spacial score (nSPS) is 11.6. The fraction of sp³-hybridized carbons (Fsp3) is 0.118. The molecule has 2 aromatic carbocycles. The molecule has 0 fully saturated rings. The molecule has 2 N–H and O–H groups in total. The topological polar surface area (TPSA) is 79.0 Å². The van der Waals surface area contributed by atoms with E-state index in [1.165, 1.54) is 12.1 Å². The Kier molecular flexibility index (Phi) is 4.11. The fourth-order valence-corrected chi connectivity index (χ4v) is 3.22. The molecule has 3 aromatic rings. The molecule has 0 atom stereocenters. The fourth-order valence-electron chi connectivity index (χ4n) is 2.42. The Hall–Kier alpha value is -2.67. The van der Waals surface area contributed by atoms with Crippen LogP contribution in [0.3, 0.4) is 0 Å². The van der Waals surface area contributed by atoms with Crippen molar-refractivity contribution in [3.05, 3.63) is 65.6 Å². The third-order valence-electron chi connectivity index (χ3n) is 3.55. The molecule has 124 valence electrons. The number of anilines is 1. The van der Waals surface area contributed by atoms with E-state index in [0.29, 0.717) is 5.56 Å². The lowest BCUT2D eigenvalue weighted by molar-refractivity contribution is 0.102. The molecular formula is C17H15FN2O3S. The Labute approximate surface area is 138 Å². The number of hydrogen-bond donors (Lipinski definition) is 2. The Morgan fingerprint density at radius 3 is 2.67 bits per heavy atom.